The van der Waals surface area contributed by atoms with Gasteiger partial charge in [0.05, 0.1) is 0 Å². The van der Waals surface area contributed by atoms with Gasteiger partial charge in [-0.1, -0.05) is 65.7 Å². The molecule has 0 spiro atoms. The first-order valence-electron chi connectivity index (χ1n) is 8.90. The second-order valence-electron chi connectivity index (χ2n) is 7.01. The molecule has 5 heteroatoms. The molecule has 2 atom stereocenters. The number of carboxylic acids is 1. The highest BCUT2D eigenvalue weighted by atomic mass is 35.5. The third-order valence-corrected chi connectivity index (χ3v) is 5.50. The van der Waals surface area contributed by atoms with E-state index in [4.69, 9.17) is 11.6 Å². The minimum atomic E-state index is -1.54. The fraction of sp³-hybridized carbons (Fsp3) is 0.273. The van der Waals surface area contributed by atoms with Crippen LogP contribution in [0, 0.1) is 5.41 Å². The summed E-state index contributed by atoms with van der Waals surface area (Å²) in [6, 6.07) is 16.6. The number of aliphatic carboxylic acids is 1. The number of halogens is 1. The summed E-state index contributed by atoms with van der Waals surface area (Å²) in [6.07, 6.45) is 2.55. The largest absolute Gasteiger partial charge is 0.480 e. The number of nitrogens with one attached hydrogen (secondary N) is 1. The van der Waals surface area contributed by atoms with Crippen LogP contribution in [-0.2, 0) is 16.1 Å². The zero-order valence-corrected chi connectivity index (χ0v) is 15.9. The molecule has 0 saturated heterocycles. The van der Waals surface area contributed by atoms with E-state index < -0.39 is 23.2 Å². The SMILES string of the molecule is CC1=CC[C@@](C(=O)O)(C(=O)NCc2ccccc2)[C@H](c2ccc(Cl)cc2)C1. The molecule has 1 aliphatic rings. The van der Waals surface area contributed by atoms with Gasteiger partial charge in [0, 0.05) is 17.5 Å². The van der Waals surface area contributed by atoms with Crippen LogP contribution in [0.15, 0.2) is 66.2 Å². The van der Waals surface area contributed by atoms with Crippen molar-refractivity contribution in [1.82, 2.24) is 5.32 Å². The van der Waals surface area contributed by atoms with E-state index in [-0.39, 0.29) is 6.42 Å². The summed E-state index contributed by atoms with van der Waals surface area (Å²) in [4.78, 5) is 25.5. The molecule has 0 aliphatic heterocycles. The molecule has 1 amide bonds. The fourth-order valence-corrected chi connectivity index (χ4v) is 3.80. The topological polar surface area (TPSA) is 66.4 Å². The van der Waals surface area contributed by atoms with E-state index in [2.05, 4.69) is 5.32 Å². The monoisotopic (exact) mass is 383 g/mol. The van der Waals surface area contributed by atoms with Gasteiger partial charge in [-0.05, 0) is 43.0 Å². The Kier molecular flexibility index (Phi) is 5.66. The van der Waals surface area contributed by atoms with Gasteiger partial charge in [-0.3, -0.25) is 9.59 Å². The summed E-state index contributed by atoms with van der Waals surface area (Å²) in [5.41, 5.74) is 1.28. The van der Waals surface area contributed by atoms with Gasteiger partial charge >= 0.3 is 5.97 Å². The standard InChI is InChI=1S/C22H22ClNO3/c1-15-11-12-22(21(26)27,19(13-15)17-7-9-18(23)10-8-17)20(25)24-14-16-5-3-2-4-6-16/h2-11,19H,12-14H2,1H3,(H,24,25)(H,26,27)/t19-,22-/m0/s1. The van der Waals surface area contributed by atoms with Crippen LogP contribution in [0.3, 0.4) is 0 Å². The lowest BCUT2D eigenvalue weighted by Gasteiger charge is -2.39. The van der Waals surface area contributed by atoms with Gasteiger partial charge in [0.1, 0.15) is 0 Å². The lowest BCUT2D eigenvalue weighted by molar-refractivity contribution is -0.158. The van der Waals surface area contributed by atoms with Gasteiger partial charge in [0.25, 0.3) is 0 Å². The minimum Gasteiger partial charge on any atom is -0.480 e. The first kappa shape index (κ1) is 19.2. The van der Waals surface area contributed by atoms with Crippen LogP contribution in [0.2, 0.25) is 5.02 Å². The molecule has 4 nitrogen and oxygen atoms in total. The summed E-state index contributed by atoms with van der Waals surface area (Å²) in [7, 11) is 0. The van der Waals surface area contributed by atoms with Crippen molar-refractivity contribution in [3.63, 3.8) is 0 Å². The van der Waals surface area contributed by atoms with Gasteiger partial charge in [0.2, 0.25) is 5.91 Å². The molecule has 2 aromatic carbocycles. The van der Waals surface area contributed by atoms with Crippen molar-refractivity contribution in [2.75, 3.05) is 0 Å². The van der Waals surface area contributed by atoms with Crippen molar-refractivity contribution in [3.05, 3.63) is 82.4 Å². The molecule has 3 rings (SSSR count). The van der Waals surface area contributed by atoms with Crippen LogP contribution >= 0.6 is 11.6 Å². The van der Waals surface area contributed by atoms with Crippen LogP contribution < -0.4 is 5.32 Å². The Labute approximate surface area is 163 Å². The Morgan fingerprint density at radius 2 is 1.81 bits per heavy atom. The molecule has 0 aromatic heterocycles. The first-order chi connectivity index (χ1) is 12.9. The lowest BCUT2D eigenvalue weighted by atomic mass is 9.63. The summed E-state index contributed by atoms with van der Waals surface area (Å²) >= 11 is 5.99. The number of carbonyl (C=O) groups excluding carboxylic acids is 1. The van der Waals surface area contributed by atoms with Crippen LogP contribution in [0.5, 0.6) is 0 Å². The van der Waals surface area contributed by atoms with Crippen molar-refractivity contribution >= 4 is 23.5 Å². The minimum absolute atomic E-state index is 0.169. The average Bonchev–Trinajstić information content (AvgIpc) is 2.67. The number of amides is 1. The van der Waals surface area contributed by atoms with E-state index in [1.165, 1.54) is 0 Å². The van der Waals surface area contributed by atoms with Gasteiger partial charge in [-0.25, -0.2) is 0 Å². The normalized spacial score (nSPS) is 22.0. The third-order valence-electron chi connectivity index (χ3n) is 5.25. The Hall–Kier alpha value is -2.59. The highest BCUT2D eigenvalue weighted by Gasteiger charge is 2.53. The Morgan fingerprint density at radius 1 is 1.15 bits per heavy atom. The molecule has 0 saturated carbocycles. The maximum absolute atomic E-state index is 13.1. The zero-order valence-electron chi connectivity index (χ0n) is 15.1. The van der Waals surface area contributed by atoms with Crippen molar-refractivity contribution in [2.24, 2.45) is 5.41 Å². The molecule has 1 aliphatic carbocycles. The smallest absolute Gasteiger partial charge is 0.320 e. The molecule has 2 N–H and O–H groups in total. The van der Waals surface area contributed by atoms with Gasteiger partial charge in [-0.15, -0.1) is 0 Å². The molecule has 140 valence electrons. The van der Waals surface area contributed by atoms with E-state index in [1.54, 1.807) is 12.1 Å². The summed E-state index contributed by atoms with van der Waals surface area (Å²) < 4.78 is 0. The predicted molar refractivity (Wildman–Crippen MR) is 106 cm³/mol. The molecular weight excluding hydrogens is 362 g/mol. The van der Waals surface area contributed by atoms with Crippen molar-refractivity contribution in [2.45, 2.75) is 32.2 Å². The van der Waals surface area contributed by atoms with E-state index in [0.717, 1.165) is 16.7 Å². The van der Waals surface area contributed by atoms with Crippen molar-refractivity contribution in [3.8, 4) is 0 Å². The fourth-order valence-electron chi connectivity index (χ4n) is 3.67. The van der Waals surface area contributed by atoms with E-state index in [0.29, 0.717) is 18.0 Å². The first-order valence-corrected chi connectivity index (χ1v) is 9.28. The van der Waals surface area contributed by atoms with Crippen molar-refractivity contribution < 1.29 is 14.7 Å². The zero-order chi connectivity index (χ0) is 19.4. The molecule has 0 bridgehead atoms. The Morgan fingerprint density at radius 3 is 2.44 bits per heavy atom. The third kappa shape index (κ3) is 3.91. The van der Waals surface area contributed by atoms with Crippen LogP contribution in [0.1, 0.15) is 36.8 Å². The number of carbonyl (C=O) groups is 2. The Bertz CT molecular complexity index is 861. The molecule has 0 fully saturated rings. The van der Waals surface area contributed by atoms with Gasteiger partial charge < -0.3 is 10.4 Å². The highest BCUT2D eigenvalue weighted by Crippen LogP contribution is 2.47. The summed E-state index contributed by atoms with van der Waals surface area (Å²) in [5.74, 6) is -2.01. The molecule has 0 heterocycles. The second kappa shape index (κ2) is 7.97. The van der Waals surface area contributed by atoms with Crippen LogP contribution in [0.25, 0.3) is 0 Å². The number of allylic oxidation sites excluding steroid dienone is 2. The number of benzene rings is 2. The van der Waals surface area contributed by atoms with E-state index in [1.807, 2.05) is 55.5 Å². The molecule has 0 unspecified atom stereocenters. The molecule has 27 heavy (non-hydrogen) atoms. The number of rotatable bonds is 5. The molecule has 0 radical (unpaired) electrons. The van der Waals surface area contributed by atoms with E-state index >= 15 is 0 Å². The number of hydrogen-bond donors (Lipinski definition) is 2. The molecular formula is C22H22ClNO3. The Balaban J connectivity index is 1.94. The predicted octanol–water partition coefficient (Wildman–Crippen LogP) is 4.55. The summed E-state index contributed by atoms with van der Waals surface area (Å²) in [5, 5.41) is 13.5. The van der Waals surface area contributed by atoms with Gasteiger partial charge in [-0.2, -0.15) is 0 Å². The van der Waals surface area contributed by atoms with Gasteiger partial charge in [0.15, 0.2) is 5.41 Å². The van der Waals surface area contributed by atoms with Crippen molar-refractivity contribution in [1.29, 1.82) is 0 Å². The lowest BCUT2D eigenvalue weighted by Crippen LogP contribution is -2.51. The van der Waals surface area contributed by atoms with Crippen LogP contribution in [0.4, 0.5) is 0 Å². The highest BCUT2D eigenvalue weighted by molar-refractivity contribution is 6.30. The maximum atomic E-state index is 13.1. The molecule has 2 aromatic rings. The summed E-state index contributed by atoms with van der Waals surface area (Å²) in [6.45, 7) is 2.27. The second-order valence-corrected chi connectivity index (χ2v) is 7.44. The average molecular weight is 384 g/mol. The number of carboxylic acid groups (broad SMARTS) is 1. The quantitative estimate of drug-likeness (QED) is 0.588. The number of hydrogen-bond acceptors (Lipinski definition) is 2. The van der Waals surface area contributed by atoms with Crippen LogP contribution in [-0.4, -0.2) is 17.0 Å². The maximum Gasteiger partial charge on any atom is 0.320 e. The van der Waals surface area contributed by atoms with E-state index in [9.17, 15) is 14.7 Å².